The molecular formula is C21H20N2O3. The van der Waals surface area contributed by atoms with Crippen molar-refractivity contribution in [3.05, 3.63) is 100 Å². The summed E-state index contributed by atoms with van der Waals surface area (Å²) in [6.07, 6.45) is 1.53. The smallest absolute Gasteiger partial charge is 0.253 e. The number of nitrogens with zero attached hydrogens (tertiary/aromatic N) is 1. The predicted octanol–water partition coefficient (Wildman–Crippen LogP) is 2.94. The number of rotatable bonds is 6. The van der Waals surface area contributed by atoms with E-state index in [4.69, 9.17) is 4.74 Å². The largest absolute Gasteiger partial charge is 0.491 e. The number of ether oxygens (including phenoxy) is 1. The van der Waals surface area contributed by atoms with Crippen LogP contribution in [0, 0.1) is 0 Å². The van der Waals surface area contributed by atoms with E-state index in [0.717, 1.165) is 11.3 Å². The number of aryl methyl sites for hydroxylation is 1. The first-order valence-electron chi connectivity index (χ1n) is 8.34. The van der Waals surface area contributed by atoms with Crippen LogP contribution in [0.1, 0.15) is 22.0 Å². The van der Waals surface area contributed by atoms with Crippen molar-refractivity contribution in [2.45, 2.75) is 6.04 Å². The van der Waals surface area contributed by atoms with E-state index in [1.807, 2.05) is 60.7 Å². The molecule has 26 heavy (non-hydrogen) atoms. The highest BCUT2D eigenvalue weighted by Gasteiger charge is 2.17. The lowest BCUT2D eigenvalue weighted by Crippen LogP contribution is -2.33. The third kappa shape index (κ3) is 4.39. The molecule has 0 fully saturated rings. The van der Waals surface area contributed by atoms with Crippen LogP contribution in [-0.4, -0.2) is 17.1 Å². The molecule has 132 valence electrons. The van der Waals surface area contributed by atoms with Crippen LogP contribution in [0.15, 0.2) is 83.8 Å². The lowest BCUT2D eigenvalue weighted by atomic mass is 10.1. The number of benzene rings is 2. The summed E-state index contributed by atoms with van der Waals surface area (Å²) in [6, 6.07) is 21.7. The van der Waals surface area contributed by atoms with E-state index in [0.29, 0.717) is 12.2 Å². The lowest BCUT2D eigenvalue weighted by Gasteiger charge is -2.20. The minimum absolute atomic E-state index is 0.159. The molecule has 0 aliphatic heterocycles. The quantitative estimate of drug-likeness (QED) is 0.745. The first-order valence-corrected chi connectivity index (χ1v) is 8.34. The number of carbonyl (C=O) groups is 1. The van der Waals surface area contributed by atoms with Gasteiger partial charge < -0.3 is 14.6 Å². The Balaban J connectivity index is 1.77. The number of aromatic nitrogens is 1. The van der Waals surface area contributed by atoms with Crippen LogP contribution >= 0.6 is 0 Å². The number of hydrogen-bond acceptors (Lipinski definition) is 3. The number of carbonyl (C=O) groups excluding carboxylic acids is 1. The molecule has 5 heteroatoms. The monoisotopic (exact) mass is 348 g/mol. The molecule has 0 radical (unpaired) electrons. The van der Waals surface area contributed by atoms with Crippen LogP contribution in [0.5, 0.6) is 5.75 Å². The highest BCUT2D eigenvalue weighted by atomic mass is 16.5. The first kappa shape index (κ1) is 17.5. The molecule has 3 aromatic rings. The van der Waals surface area contributed by atoms with Gasteiger partial charge in [0.15, 0.2) is 0 Å². The van der Waals surface area contributed by atoms with E-state index < -0.39 is 0 Å². The fourth-order valence-electron chi connectivity index (χ4n) is 2.57. The summed E-state index contributed by atoms with van der Waals surface area (Å²) < 4.78 is 7.21. The average molecular weight is 348 g/mol. The molecule has 0 saturated heterocycles. The first-order chi connectivity index (χ1) is 12.6. The summed E-state index contributed by atoms with van der Waals surface area (Å²) >= 11 is 0. The second-order valence-corrected chi connectivity index (χ2v) is 5.93. The molecule has 0 spiro atoms. The van der Waals surface area contributed by atoms with Gasteiger partial charge in [0, 0.05) is 19.3 Å². The van der Waals surface area contributed by atoms with Crippen molar-refractivity contribution in [3.8, 4) is 5.75 Å². The van der Waals surface area contributed by atoms with E-state index in [9.17, 15) is 9.59 Å². The van der Waals surface area contributed by atoms with Gasteiger partial charge in [-0.25, -0.2) is 0 Å². The van der Waals surface area contributed by atoms with E-state index in [2.05, 4.69) is 5.32 Å². The van der Waals surface area contributed by atoms with Crippen LogP contribution in [0.25, 0.3) is 0 Å². The highest BCUT2D eigenvalue weighted by Crippen LogP contribution is 2.17. The summed E-state index contributed by atoms with van der Waals surface area (Å²) in [6.45, 7) is 0.297. The Kier molecular flexibility index (Phi) is 5.49. The lowest BCUT2D eigenvalue weighted by molar-refractivity contribution is 0.0920. The van der Waals surface area contributed by atoms with Crippen LogP contribution in [0.3, 0.4) is 0 Å². The van der Waals surface area contributed by atoms with Crippen molar-refractivity contribution in [3.63, 3.8) is 0 Å². The van der Waals surface area contributed by atoms with Crippen LogP contribution in [0.4, 0.5) is 0 Å². The van der Waals surface area contributed by atoms with Crippen molar-refractivity contribution in [2.24, 2.45) is 7.05 Å². The molecule has 1 amide bonds. The Bertz CT molecular complexity index is 921. The van der Waals surface area contributed by atoms with Gasteiger partial charge in [0.2, 0.25) is 5.56 Å². The van der Waals surface area contributed by atoms with Gasteiger partial charge in [-0.3, -0.25) is 9.59 Å². The zero-order valence-electron chi connectivity index (χ0n) is 14.5. The Morgan fingerprint density at radius 1 is 1.00 bits per heavy atom. The molecule has 0 aliphatic carbocycles. The molecule has 3 rings (SSSR count). The zero-order valence-corrected chi connectivity index (χ0v) is 14.5. The Morgan fingerprint density at radius 2 is 1.65 bits per heavy atom. The van der Waals surface area contributed by atoms with Gasteiger partial charge in [-0.2, -0.15) is 0 Å². The van der Waals surface area contributed by atoms with Gasteiger partial charge in [0.1, 0.15) is 12.4 Å². The van der Waals surface area contributed by atoms with Gasteiger partial charge >= 0.3 is 0 Å². The van der Waals surface area contributed by atoms with Crippen molar-refractivity contribution < 1.29 is 9.53 Å². The van der Waals surface area contributed by atoms with Crippen LogP contribution in [0.2, 0.25) is 0 Å². The molecule has 1 atom stereocenters. The maximum Gasteiger partial charge on any atom is 0.253 e. The summed E-state index contributed by atoms with van der Waals surface area (Å²) in [5, 5.41) is 2.99. The van der Waals surface area contributed by atoms with Crippen molar-refractivity contribution in [1.82, 2.24) is 9.88 Å². The molecule has 5 nitrogen and oxygen atoms in total. The summed E-state index contributed by atoms with van der Waals surface area (Å²) in [7, 11) is 1.62. The third-order valence-corrected chi connectivity index (χ3v) is 4.02. The fraction of sp³-hybridized carbons (Fsp3) is 0.143. The standard InChI is InChI=1S/C21H20N2O3/c1-23-14-17(12-13-20(23)24)21(25)22-19(16-8-4-2-5-9-16)15-26-18-10-6-3-7-11-18/h2-14,19H,15H2,1H3,(H,22,25). The average Bonchev–Trinajstić information content (AvgIpc) is 2.68. The molecule has 0 saturated carbocycles. The van der Waals surface area contributed by atoms with Gasteiger partial charge in [-0.05, 0) is 23.8 Å². The molecule has 2 aromatic carbocycles. The van der Waals surface area contributed by atoms with Crippen LogP contribution in [-0.2, 0) is 7.05 Å². The van der Waals surface area contributed by atoms with Crippen molar-refractivity contribution >= 4 is 5.91 Å². The van der Waals surface area contributed by atoms with E-state index in [1.54, 1.807) is 7.05 Å². The highest BCUT2D eigenvalue weighted by molar-refractivity contribution is 5.94. The molecule has 0 aliphatic rings. The minimum atomic E-state index is -0.318. The molecule has 1 unspecified atom stereocenters. The number of nitrogens with one attached hydrogen (secondary N) is 1. The maximum absolute atomic E-state index is 12.6. The summed E-state index contributed by atoms with van der Waals surface area (Å²) in [5.41, 5.74) is 1.21. The number of pyridine rings is 1. The fourth-order valence-corrected chi connectivity index (χ4v) is 2.57. The van der Waals surface area contributed by atoms with Crippen LogP contribution < -0.4 is 15.6 Å². The van der Waals surface area contributed by atoms with Crippen molar-refractivity contribution in [1.29, 1.82) is 0 Å². The number of hydrogen-bond donors (Lipinski definition) is 1. The van der Waals surface area contributed by atoms with Gasteiger partial charge in [0.25, 0.3) is 5.91 Å². The summed E-state index contributed by atoms with van der Waals surface area (Å²) in [4.78, 5) is 24.1. The molecular weight excluding hydrogens is 328 g/mol. The predicted molar refractivity (Wildman–Crippen MR) is 100 cm³/mol. The summed E-state index contributed by atoms with van der Waals surface area (Å²) in [5.74, 6) is 0.482. The molecule has 1 N–H and O–H groups in total. The Morgan fingerprint density at radius 3 is 2.31 bits per heavy atom. The van der Waals surface area contributed by atoms with Crippen molar-refractivity contribution in [2.75, 3.05) is 6.61 Å². The van der Waals surface area contributed by atoms with E-state index >= 15 is 0 Å². The third-order valence-electron chi connectivity index (χ3n) is 4.02. The van der Waals surface area contributed by atoms with E-state index in [1.165, 1.54) is 22.9 Å². The van der Waals surface area contributed by atoms with E-state index in [-0.39, 0.29) is 17.5 Å². The number of para-hydroxylation sites is 1. The zero-order chi connectivity index (χ0) is 18.4. The molecule has 0 bridgehead atoms. The maximum atomic E-state index is 12.6. The van der Waals surface area contributed by atoms with Gasteiger partial charge in [-0.1, -0.05) is 48.5 Å². The minimum Gasteiger partial charge on any atom is -0.491 e. The second kappa shape index (κ2) is 8.16. The number of amides is 1. The Hall–Kier alpha value is -3.34. The normalized spacial score (nSPS) is 11.6. The molecule has 1 heterocycles. The topological polar surface area (TPSA) is 60.3 Å². The Labute approximate surface area is 151 Å². The molecule has 1 aromatic heterocycles. The second-order valence-electron chi connectivity index (χ2n) is 5.93. The SMILES string of the molecule is Cn1cc(C(=O)NC(COc2ccccc2)c2ccccc2)ccc1=O. The van der Waals surface area contributed by atoms with Gasteiger partial charge in [-0.15, -0.1) is 0 Å². The van der Waals surface area contributed by atoms with Gasteiger partial charge in [0.05, 0.1) is 11.6 Å².